The van der Waals surface area contributed by atoms with Crippen LogP contribution in [0.4, 0.5) is 11.6 Å². The summed E-state index contributed by atoms with van der Waals surface area (Å²) in [6.07, 6.45) is 3.69. The molecule has 0 amide bonds. The normalized spacial score (nSPS) is 10.1. The Morgan fingerprint density at radius 1 is 1.21 bits per heavy atom. The van der Waals surface area contributed by atoms with E-state index >= 15 is 0 Å². The van der Waals surface area contributed by atoms with Gasteiger partial charge in [0.2, 0.25) is 5.95 Å². The van der Waals surface area contributed by atoms with Gasteiger partial charge in [0.05, 0.1) is 0 Å². The smallest absolute Gasteiger partial charge is 0.207 e. The molecule has 3 heteroatoms. The quantitative estimate of drug-likeness (QED) is 0.782. The number of rotatable bonds is 2. The fourth-order valence-electron chi connectivity index (χ4n) is 1.25. The van der Waals surface area contributed by atoms with Gasteiger partial charge in [0.1, 0.15) is 0 Å². The second-order valence-corrected chi connectivity index (χ2v) is 3.35. The van der Waals surface area contributed by atoms with Crippen molar-refractivity contribution >= 4 is 11.6 Å². The summed E-state index contributed by atoms with van der Waals surface area (Å²) in [5, 5.41) is 3.23. The molecule has 0 fully saturated rings. The van der Waals surface area contributed by atoms with Gasteiger partial charge in [-0.25, -0.2) is 4.98 Å². The minimum absolute atomic E-state index is 0.855. The average Bonchev–Trinajstić information content (AvgIpc) is 2.56. The summed E-state index contributed by atoms with van der Waals surface area (Å²) in [5.74, 6) is 0.855. The predicted molar refractivity (Wildman–Crippen MR) is 57.7 cm³/mol. The molecule has 0 bridgehead atoms. The molecule has 0 radical (unpaired) electrons. The molecule has 1 aromatic heterocycles. The zero-order valence-corrected chi connectivity index (χ0v) is 8.36. The molecule has 14 heavy (non-hydrogen) atoms. The van der Waals surface area contributed by atoms with Crippen LogP contribution in [0.1, 0.15) is 5.56 Å². The van der Waals surface area contributed by atoms with E-state index in [1.807, 2.05) is 29.9 Å². The molecule has 2 rings (SSSR count). The standard InChI is InChI=1S/C11H13N3/c1-9-3-5-10(6-4-9)13-11-12-7-8-14(11)2/h3-8H,1-2H3,(H,12,13). The number of aromatic nitrogens is 2. The minimum Gasteiger partial charge on any atom is -0.326 e. The predicted octanol–water partition coefficient (Wildman–Crippen LogP) is 2.47. The Hall–Kier alpha value is -1.77. The van der Waals surface area contributed by atoms with Gasteiger partial charge in [-0.15, -0.1) is 0 Å². The van der Waals surface area contributed by atoms with E-state index in [0.717, 1.165) is 11.6 Å². The van der Waals surface area contributed by atoms with Crippen LogP contribution in [0.3, 0.4) is 0 Å². The van der Waals surface area contributed by atoms with E-state index in [2.05, 4.69) is 29.4 Å². The van der Waals surface area contributed by atoms with Gasteiger partial charge in [-0.05, 0) is 19.1 Å². The Bertz CT molecular complexity index is 414. The van der Waals surface area contributed by atoms with Crippen LogP contribution in [0.5, 0.6) is 0 Å². The average molecular weight is 187 g/mol. The van der Waals surface area contributed by atoms with Gasteiger partial charge < -0.3 is 9.88 Å². The first kappa shape index (κ1) is 8.81. The van der Waals surface area contributed by atoms with Crippen LogP contribution in [0.2, 0.25) is 0 Å². The van der Waals surface area contributed by atoms with Crippen molar-refractivity contribution in [3.8, 4) is 0 Å². The number of hydrogen-bond acceptors (Lipinski definition) is 2. The van der Waals surface area contributed by atoms with Crippen molar-refractivity contribution in [2.75, 3.05) is 5.32 Å². The molecular formula is C11H13N3. The second-order valence-electron chi connectivity index (χ2n) is 3.35. The lowest BCUT2D eigenvalue weighted by molar-refractivity contribution is 0.924. The van der Waals surface area contributed by atoms with Crippen molar-refractivity contribution in [1.29, 1.82) is 0 Å². The van der Waals surface area contributed by atoms with E-state index in [0.29, 0.717) is 0 Å². The summed E-state index contributed by atoms with van der Waals surface area (Å²) in [5.41, 5.74) is 2.32. The first-order chi connectivity index (χ1) is 6.75. The van der Waals surface area contributed by atoms with Crippen LogP contribution in [0, 0.1) is 6.92 Å². The number of nitrogens with zero attached hydrogens (tertiary/aromatic N) is 2. The Morgan fingerprint density at radius 2 is 1.93 bits per heavy atom. The molecule has 1 heterocycles. The van der Waals surface area contributed by atoms with E-state index < -0.39 is 0 Å². The number of aryl methyl sites for hydroxylation is 2. The van der Waals surface area contributed by atoms with Crippen molar-refractivity contribution in [3.05, 3.63) is 42.2 Å². The van der Waals surface area contributed by atoms with Gasteiger partial charge in [-0.1, -0.05) is 17.7 Å². The first-order valence-corrected chi connectivity index (χ1v) is 4.57. The van der Waals surface area contributed by atoms with Gasteiger partial charge in [0, 0.05) is 25.1 Å². The van der Waals surface area contributed by atoms with Crippen molar-refractivity contribution in [1.82, 2.24) is 9.55 Å². The molecule has 0 spiro atoms. The van der Waals surface area contributed by atoms with Gasteiger partial charge >= 0.3 is 0 Å². The highest BCUT2D eigenvalue weighted by Gasteiger charge is 1.98. The first-order valence-electron chi connectivity index (χ1n) is 4.57. The molecule has 0 saturated heterocycles. The molecule has 2 aromatic rings. The molecular weight excluding hydrogens is 174 g/mol. The lowest BCUT2D eigenvalue weighted by Crippen LogP contribution is -1.98. The molecule has 0 unspecified atom stereocenters. The van der Waals surface area contributed by atoms with Crippen LogP contribution in [0.15, 0.2) is 36.7 Å². The maximum absolute atomic E-state index is 4.19. The number of nitrogens with one attached hydrogen (secondary N) is 1. The third-order valence-electron chi connectivity index (χ3n) is 2.13. The van der Waals surface area contributed by atoms with Gasteiger partial charge in [0.15, 0.2) is 0 Å². The van der Waals surface area contributed by atoms with E-state index in [1.54, 1.807) is 6.20 Å². The number of hydrogen-bond donors (Lipinski definition) is 1. The van der Waals surface area contributed by atoms with Crippen molar-refractivity contribution in [3.63, 3.8) is 0 Å². The van der Waals surface area contributed by atoms with Crippen LogP contribution < -0.4 is 5.32 Å². The Kier molecular flexibility index (Phi) is 2.23. The molecule has 0 aliphatic carbocycles. The molecule has 0 aliphatic heterocycles. The summed E-state index contributed by atoms with van der Waals surface area (Å²) in [6, 6.07) is 8.24. The summed E-state index contributed by atoms with van der Waals surface area (Å²) in [7, 11) is 1.96. The van der Waals surface area contributed by atoms with Crippen LogP contribution >= 0.6 is 0 Å². The zero-order valence-electron chi connectivity index (χ0n) is 8.36. The third-order valence-corrected chi connectivity index (χ3v) is 2.13. The maximum atomic E-state index is 4.19. The summed E-state index contributed by atoms with van der Waals surface area (Å²) in [4.78, 5) is 4.19. The highest BCUT2D eigenvalue weighted by molar-refractivity contribution is 5.53. The van der Waals surface area contributed by atoms with Crippen molar-refractivity contribution in [2.24, 2.45) is 7.05 Å². The minimum atomic E-state index is 0.855. The fraction of sp³-hybridized carbons (Fsp3) is 0.182. The Labute approximate surface area is 83.4 Å². The molecule has 72 valence electrons. The van der Waals surface area contributed by atoms with Crippen LogP contribution in [-0.2, 0) is 7.05 Å². The van der Waals surface area contributed by atoms with Crippen molar-refractivity contribution < 1.29 is 0 Å². The molecule has 0 atom stereocenters. The van der Waals surface area contributed by atoms with Gasteiger partial charge in [-0.3, -0.25) is 0 Å². The third kappa shape index (κ3) is 1.76. The molecule has 0 aliphatic rings. The zero-order chi connectivity index (χ0) is 9.97. The maximum Gasteiger partial charge on any atom is 0.207 e. The number of anilines is 2. The van der Waals surface area contributed by atoms with Gasteiger partial charge in [0.25, 0.3) is 0 Å². The van der Waals surface area contributed by atoms with Crippen LogP contribution in [0.25, 0.3) is 0 Å². The highest BCUT2D eigenvalue weighted by atomic mass is 15.2. The SMILES string of the molecule is Cc1ccc(Nc2nccn2C)cc1. The van der Waals surface area contributed by atoms with Crippen LogP contribution in [-0.4, -0.2) is 9.55 Å². The Balaban J connectivity index is 2.19. The van der Waals surface area contributed by atoms with Crippen molar-refractivity contribution in [2.45, 2.75) is 6.92 Å². The molecule has 1 N–H and O–H groups in total. The Morgan fingerprint density at radius 3 is 2.50 bits per heavy atom. The number of benzene rings is 1. The molecule has 1 aromatic carbocycles. The van der Waals surface area contributed by atoms with Gasteiger partial charge in [-0.2, -0.15) is 0 Å². The monoisotopic (exact) mass is 187 g/mol. The largest absolute Gasteiger partial charge is 0.326 e. The van der Waals surface area contributed by atoms with E-state index in [4.69, 9.17) is 0 Å². The lowest BCUT2D eigenvalue weighted by atomic mass is 10.2. The topological polar surface area (TPSA) is 29.9 Å². The van der Waals surface area contributed by atoms with E-state index in [1.165, 1.54) is 5.56 Å². The molecule has 3 nitrogen and oxygen atoms in total. The second kappa shape index (κ2) is 3.54. The number of imidazole rings is 1. The fourth-order valence-corrected chi connectivity index (χ4v) is 1.25. The summed E-state index contributed by atoms with van der Waals surface area (Å²) >= 11 is 0. The summed E-state index contributed by atoms with van der Waals surface area (Å²) < 4.78 is 1.94. The van der Waals surface area contributed by atoms with E-state index in [9.17, 15) is 0 Å². The lowest BCUT2D eigenvalue weighted by Gasteiger charge is -2.05. The molecule has 0 saturated carbocycles. The van der Waals surface area contributed by atoms with E-state index in [-0.39, 0.29) is 0 Å². The summed E-state index contributed by atoms with van der Waals surface area (Å²) in [6.45, 7) is 2.07. The highest BCUT2D eigenvalue weighted by Crippen LogP contribution is 2.14.